The molecule has 5 rings (SSSR count). The highest BCUT2D eigenvalue weighted by Gasteiger charge is 2.41. The third-order valence-electron chi connectivity index (χ3n) is 8.39. The fourth-order valence-corrected chi connectivity index (χ4v) is 8.08. The molecule has 2 atom stereocenters. The van der Waals surface area contributed by atoms with Gasteiger partial charge in [0.25, 0.3) is 5.91 Å². The largest absolute Gasteiger partial charge is 0.497 e. The van der Waals surface area contributed by atoms with E-state index in [-0.39, 0.29) is 24.4 Å². The average molecular weight is 658 g/mol. The summed E-state index contributed by atoms with van der Waals surface area (Å²) >= 11 is 5.22. The highest BCUT2D eigenvalue weighted by molar-refractivity contribution is 9.10. The molecule has 42 heavy (non-hydrogen) atoms. The molecule has 1 N–H and O–H groups in total. The van der Waals surface area contributed by atoms with Crippen LogP contribution in [0.25, 0.3) is 6.08 Å². The summed E-state index contributed by atoms with van der Waals surface area (Å²) in [6.45, 7) is 5.66. The number of carbonyl (C=O) groups excluding carboxylic acids is 2. The van der Waals surface area contributed by atoms with Gasteiger partial charge in [-0.1, -0.05) is 18.9 Å². The zero-order chi connectivity index (χ0) is 29.5. The topological polar surface area (TPSA) is 74.4 Å². The van der Waals surface area contributed by atoms with Gasteiger partial charge in [0.2, 0.25) is 5.91 Å². The van der Waals surface area contributed by atoms with Crippen LogP contribution < -0.4 is 19.7 Å². The van der Waals surface area contributed by atoms with E-state index in [1.54, 1.807) is 26.0 Å². The highest BCUT2D eigenvalue weighted by Crippen LogP contribution is 2.42. The van der Waals surface area contributed by atoms with Crippen molar-refractivity contribution in [3.05, 3.63) is 57.4 Å². The second-order valence-electron chi connectivity index (χ2n) is 11.1. The van der Waals surface area contributed by atoms with Gasteiger partial charge in [-0.05, 0) is 89.8 Å². The highest BCUT2D eigenvalue weighted by atomic mass is 79.9. The SMILES string of the molecule is COc1ccc(N2CCN(CCCNC(=O)CN3C(=O)/C(=C\c4ccc(OC)c(Br)c4)SC4CCCCC43)CC2)cc1. The Kier molecular flexibility index (Phi) is 10.7. The molecule has 1 saturated carbocycles. The number of benzene rings is 2. The summed E-state index contributed by atoms with van der Waals surface area (Å²) in [4.78, 5) is 34.1. The van der Waals surface area contributed by atoms with E-state index >= 15 is 0 Å². The van der Waals surface area contributed by atoms with Crippen LogP contribution in [0, 0.1) is 0 Å². The van der Waals surface area contributed by atoms with Crippen molar-refractivity contribution in [3.8, 4) is 11.5 Å². The minimum atomic E-state index is -0.0737. The number of anilines is 1. The molecular formula is C32H41BrN4O4S. The Hall–Kier alpha value is -2.69. The van der Waals surface area contributed by atoms with Crippen LogP contribution in [0.1, 0.15) is 37.7 Å². The Labute approximate surface area is 261 Å². The first-order valence-corrected chi connectivity index (χ1v) is 16.5. The van der Waals surface area contributed by atoms with Crippen LogP contribution in [0.3, 0.4) is 0 Å². The zero-order valence-electron chi connectivity index (χ0n) is 24.5. The van der Waals surface area contributed by atoms with Gasteiger partial charge in [-0.15, -0.1) is 11.8 Å². The molecule has 3 aliphatic rings. The predicted molar refractivity (Wildman–Crippen MR) is 173 cm³/mol. The van der Waals surface area contributed by atoms with E-state index in [1.807, 2.05) is 41.3 Å². The van der Waals surface area contributed by atoms with Gasteiger partial charge >= 0.3 is 0 Å². The van der Waals surface area contributed by atoms with Crippen molar-refractivity contribution in [2.75, 3.05) is 64.9 Å². The Morgan fingerprint density at radius 3 is 2.52 bits per heavy atom. The molecule has 2 aromatic carbocycles. The van der Waals surface area contributed by atoms with Crippen molar-refractivity contribution in [3.63, 3.8) is 0 Å². The van der Waals surface area contributed by atoms with Gasteiger partial charge in [0, 0.05) is 49.7 Å². The first-order chi connectivity index (χ1) is 20.4. The summed E-state index contributed by atoms with van der Waals surface area (Å²) in [5.41, 5.74) is 2.16. The lowest BCUT2D eigenvalue weighted by Crippen LogP contribution is -2.54. The smallest absolute Gasteiger partial charge is 0.261 e. The zero-order valence-corrected chi connectivity index (χ0v) is 26.9. The lowest BCUT2D eigenvalue weighted by molar-refractivity contribution is -0.135. The van der Waals surface area contributed by atoms with Crippen molar-refractivity contribution in [1.82, 2.24) is 15.1 Å². The van der Waals surface area contributed by atoms with Crippen molar-refractivity contribution >= 4 is 51.3 Å². The number of halogens is 1. The van der Waals surface area contributed by atoms with Crippen LogP contribution in [-0.4, -0.2) is 92.9 Å². The van der Waals surface area contributed by atoms with Gasteiger partial charge in [0.15, 0.2) is 0 Å². The van der Waals surface area contributed by atoms with E-state index in [1.165, 1.54) is 5.69 Å². The minimum Gasteiger partial charge on any atom is -0.497 e. The monoisotopic (exact) mass is 656 g/mol. The van der Waals surface area contributed by atoms with Crippen LogP contribution in [0.5, 0.6) is 11.5 Å². The van der Waals surface area contributed by atoms with Crippen LogP contribution in [-0.2, 0) is 9.59 Å². The first-order valence-electron chi connectivity index (χ1n) is 14.9. The lowest BCUT2D eigenvalue weighted by Gasteiger charge is -2.43. The second-order valence-corrected chi connectivity index (χ2v) is 13.2. The number of hydrogen-bond donors (Lipinski definition) is 1. The third-order valence-corrected chi connectivity index (χ3v) is 10.4. The summed E-state index contributed by atoms with van der Waals surface area (Å²) < 4.78 is 11.5. The Balaban J connectivity index is 1.10. The molecule has 2 amide bonds. The number of hydrogen-bond acceptors (Lipinski definition) is 7. The minimum absolute atomic E-state index is 0.0417. The van der Waals surface area contributed by atoms with Crippen LogP contribution >= 0.6 is 27.7 Å². The number of nitrogens with one attached hydrogen (secondary N) is 1. The molecular weight excluding hydrogens is 616 g/mol. The molecule has 0 bridgehead atoms. The van der Waals surface area contributed by atoms with Crippen molar-refractivity contribution in [2.45, 2.75) is 43.4 Å². The normalized spacial score (nSPS) is 22.2. The number of rotatable bonds is 10. The molecule has 0 aromatic heterocycles. The predicted octanol–water partition coefficient (Wildman–Crippen LogP) is 5.02. The van der Waals surface area contributed by atoms with E-state index in [0.29, 0.717) is 16.7 Å². The van der Waals surface area contributed by atoms with Gasteiger partial charge in [-0.3, -0.25) is 14.5 Å². The van der Waals surface area contributed by atoms with Gasteiger partial charge in [-0.25, -0.2) is 0 Å². The maximum absolute atomic E-state index is 13.6. The fourth-order valence-electron chi connectivity index (χ4n) is 6.05. The standard InChI is InChI=1S/C32H41BrN4O4S/c1-40-25-11-9-24(10-12-25)36-18-16-35(17-19-36)15-5-14-34-31(38)22-37-27-6-3-4-7-29(27)42-30(32(37)39)21-23-8-13-28(41-2)26(33)20-23/h8-13,20-21,27,29H,3-7,14-19,22H2,1-2H3,(H,34,38)/b30-21+. The number of thioether (sulfide) groups is 1. The number of ether oxygens (including phenoxy) is 2. The van der Waals surface area contributed by atoms with E-state index in [9.17, 15) is 9.59 Å². The Morgan fingerprint density at radius 1 is 1.05 bits per heavy atom. The summed E-state index contributed by atoms with van der Waals surface area (Å²) in [7, 11) is 3.32. The van der Waals surface area contributed by atoms with Gasteiger partial charge < -0.3 is 24.6 Å². The van der Waals surface area contributed by atoms with Crippen LogP contribution in [0.15, 0.2) is 51.8 Å². The molecule has 10 heteroatoms. The second kappa shape index (κ2) is 14.7. The van der Waals surface area contributed by atoms with Gasteiger partial charge in [0.1, 0.15) is 18.0 Å². The number of fused-ring (bicyclic) bond motifs is 1. The van der Waals surface area contributed by atoms with Crippen molar-refractivity contribution in [1.29, 1.82) is 0 Å². The molecule has 2 unspecified atom stereocenters. The summed E-state index contributed by atoms with van der Waals surface area (Å²) in [5, 5.41) is 3.42. The molecule has 8 nitrogen and oxygen atoms in total. The number of amides is 2. The molecule has 2 aliphatic heterocycles. The molecule has 2 heterocycles. The van der Waals surface area contributed by atoms with Crippen LogP contribution in [0.4, 0.5) is 5.69 Å². The Bertz CT molecular complexity index is 1270. The molecule has 0 spiro atoms. The van der Waals surface area contributed by atoms with E-state index < -0.39 is 0 Å². The first kappa shape index (κ1) is 30.8. The molecule has 2 saturated heterocycles. The maximum atomic E-state index is 13.6. The Morgan fingerprint density at radius 2 is 1.81 bits per heavy atom. The van der Waals surface area contributed by atoms with Crippen molar-refractivity contribution in [2.24, 2.45) is 0 Å². The molecule has 3 fully saturated rings. The molecule has 0 radical (unpaired) electrons. The fraction of sp³-hybridized carbons (Fsp3) is 0.500. The van der Waals surface area contributed by atoms with Gasteiger partial charge in [-0.2, -0.15) is 0 Å². The number of piperazine rings is 1. The van der Waals surface area contributed by atoms with E-state index in [2.05, 4.69) is 43.2 Å². The maximum Gasteiger partial charge on any atom is 0.261 e. The van der Waals surface area contributed by atoms with E-state index in [0.717, 1.165) is 86.4 Å². The quantitative estimate of drug-likeness (QED) is 0.284. The van der Waals surface area contributed by atoms with Crippen molar-refractivity contribution < 1.29 is 19.1 Å². The molecule has 226 valence electrons. The average Bonchev–Trinajstić information content (AvgIpc) is 3.02. The third kappa shape index (κ3) is 7.63. The lowest BCUT2D eigenvalue weighted by atomic mass is 9.93. The van der Waals surface area contributed by atoms with E-state index in [4.69, 9.17) is 9.47 Å². The molecule has 2 aromatic rings. The number of nitrogens with zero attached hydrogens (tertiary/aromatic N) is 3. The summed E-state index contributed by atoms with van der Waals surface area (Å²) in [6.07, 6.45) is 7.13. The molecule has 1 aliphatic carbocycles. The number of carbonyl (C=O) groups is 2. The summed E-state index contributed by atoms with van der Waals surface area (Å²) in [6, 6.07) is 14.2. The number of methoxy groups -OCH3 is 2. The van der Waals surface area contributed by atoms with Crippen LogP contribution in [0.2, 0.25) is 0 Å². The van der Waals surface area contributed by atoms with Gasteiger partial charge in [0.05, 0.1) is 23.6 Å². The summed E-state index contributed by atoms with van der Waals surface area (Å²) in [5.74, 6) is 1.51.